The minimum atomic E-state index is -0.566. The molecule has 0 heterocycles. The zero-order chi connectivity index (χ0) is 9.90. The molecule has 1 rings (SSSR count). The van der Waals surface area contributed by atoms with E-state index in [0.717, 1.165) is 32.1 Å². The van der Waals surface area contributed by atoms with Crippen molar-refractivity contribution in [2.45, 2.75) is 57.5 Å². The average molecular weight is 184 g/mol. The largest absolute Gasteiger partial charge is 0.352 e. The Kier molecular flexibility index (Phi) is 3.31. The third kappa shape index (κ3) is 2.44. The molecule has 1 aliphatic carbocycles. The van der Waals surface area contributed by atoms with E-state index in [1.165, 1.54) is 0 Å². The van der Waals surface area contributed by atoms with Crippen molar-refractivity contribution in [1.29, 1.82) is 0 Å². The molecule has 1 amide bonds. The second-order valence-electron chi connectivity index (χ2n) is 4.15. The fourth-order valence-corrected chi connectivity index (χ4v) is 1.70. The van der Waals surface area contributed by atoms with Crippen LogP contribution >= 0.6 is 0 Å². The number of hydrogen-bond acceptors (Lipinski definition) is 2. The number of carbonyl (C=O) groups is 1. The summed E-state index contributed by atoms with van der Waals surface area (Å²) in [4.78, 5) is 11.7. The molecule has 1 atom stereocenters. The van der Waals surface area contributed by atoms with E-state index in [0.29, 0.717) is 0 Å². The van der Waals surface area contributed by atoms with Crippen molar-refractivity contribution in [3.63, 3.8) is 0 Å². The highest BCUT2D eigenvalue weighted by atomic mass is 16.2. The third-order valence-corrected chi connectivity index (χ3v) is 2.94. The predicted molar refractivity (Wildman–Crippen MR) is 53.3 cm³/mol. The summed E-state index contributed by atoms with van der Waals surface area (Å²) in [6.07, 6.45) is 4.82. The molecule has 3 heteroatoms. The van der Waals surface area contributed by atoms with Gasteiger partial charge in [-0.05, 0) is 26.2 Å². The summed E-state index contributed by atoms with van der Waals surface area (Å²) in [6.45, 7) is 4.07. The standard InChI is InChI=1S/C10H20N2O/c1-3-8(2)12-9(13)10(11)6-4-5-7-10/h8H,3-7,11H2,1-2H3,(H,12,13). The van der Waals surface area contributed by atoms with Gasteiger partial charge in [0.05, 0.1) is 5.54 Å². The molecule has 0 saturated heterocycles. The summed E-state index contributed by atoms with van der Waals surface area (Å²) < 4.78 is 0. The van der Waals surface area contributed by atoms with Crippen molar-refractivity contribution in [3.05, 3.63) is 0 Å². The fraction of sp³-hybridized carbons (Fsp3) is 0.900. The maximum Gasteiger partial charge on any atom is 0.240 e. The van der Waals surface area contributed by atoms with E-state index in [2.05, 4.69) is 12.2 Å². The monoisotopic (exact) mass is 184 g/mol. The quantitative estimate of drug-likeness (QED) is 0.692. The predicted octanol–water partition coefficient (Wildman–Crippen LogP) is 1.17. The van der Waals surface area contributed by atoms with E-state index in [-0.39, 0.29) is 11.9 Å². The van der Waals surface area contributed by atoms with Gasteiger partial charge in [-0.25, -0.2) is 0 Å². The Morgan fingerprint density at radius 2 is 2.08 bits per heavy atom. The minimum absolute atomic E-state index is 0.0411. The summed E-state index contributed by atoms with van der Waals surface area (Å²) in [5.41, 5.74) is 5.43. The Bertz CT molecular complexity index is 185. The Balaban J connectivity index is 2.46. The van der Waals surface area contributed by atoms with Gasteiger partial charge < -0.3 is 11.1 Å². The van der Waals surface area contributed by atoms with Crippen LogP contribution in [-0.4, -0.2) is 17.5 Å². The van der Waals surface area contributed by atoms with Gasteiger partial charge in [-0.15, -0.1) is 0 Å². The van der Waals surface area contributed by atoms with Crippen molar-refractivity contribution < 1.29 is 4.79 Å². The second kappa shape index (κ2) is 4.09. The normalized spacial score (nSPS) is 22.7. The molecular formula is C10H20N2O. The van der Waals surface area contributed by atoms with Crippen LogP contribution in [0.2, 0.25) is 0 Å². The van der Waals surface area contributed by atoms with Crippen molar-refractivity contribution in [2.75, 3.05) is 0 Å². The van der Waals surface area contributed by atoms with Crippen LogP contribution in [0.5, 0.6) is 0 Å². The summed E-state index contributed by atoms with van der Waals surface area (Å²) >= 11 is 0. The van der Waals surface area contributed by atoms with Crippen LogP contribution in [0.25, 0.3) is 0 Å². The Labute approximate surface area is 80.1 Å². The van der Waals surface area contributed by atoms with Crippen molar-refractivity contribution in [1.82, 2.24) is 5.32 Å². The molecular weight excluding hydrogens is 164 g/mol. The van der Waals surface area contributed by atoms with Gasteiger partial charge >= 0.3 is 0 Å². The molecule has 0 aromatic heterocycles. The molecule has 0 bridgehead atoms. The summed E-state index contributed by atoms with van der Waals surface area (Å²) in [6, 6.07) is 0.244. The van der Waals surface area contributed by atoms with Crippen LogP contribution in [0.1, 0.15) is 46.0 Å². The number of hydrogen-bond donors (Lipinski definition) is 2. The van der Waals surface area contributed by atoms with E-state index < -0.39 is 5.54 Å². The SMILES string of the molecule is CCC(C)NC(=O)C1(N)CCCC1. The molecule has 76 valence electrons. The molecule has 0 radical (unpaired) electrons. The van der Waals surface area contributed by atoms with Gasteiger partial charge in [0.15, 0.2) is 0 Å². The molecule has 1 aliphatic rings. The van der Waals surface area contributed by atoms with Crippen molar-refractivity contribution in [2.24, 2.45) is 5.73 Å². The van der Waals surface area contributed by atoms with Gasteiger partial charge in [0.25, 0.3) is 0 Å². The first-order valence-corrected chi connectivity index (χ1v) is 5.18. The Morgan fingerprint density at radius 1 is 1.54 bits per heavy atom. The number of amides is 1. The maximum atomic E-state index is 11.7. The first-order chi connectivity index (χ1) is 6.08. The lowest BCUT2D eigenvalue weighted by molar-refractivity contribution is -0.126. The van der Waals surface area contributed by atoms with Crippen LogP contribution in [0.15, 0.2) is 0 Å². The Hall–Kier alpha value is -0.570. The van der Waals surface area contributed by atoms with Gasteiger partial charge in [0.2, 0.25) is 5.91 Å². The molecule has 1 unspecified atom stereocenters. The highest BCUT2D eigenvalue weighted by Gasteiger charge is 2.37. The molecule has 3 N–H and O–H groups in total. The van der Waals surface area contributed by atoms with Crippen LogP contribution < -0.4 is 11.1 Å². The molecule has 0 spiro atoms. The van der Waals surface area contributed by atoms with Gasteiger partial charge in [0, 0.05) is 6.04 Å². The molecule has 3 nitrogen and oxygen atoms in total. The molecule has 1 saturated carbocycles. The van der Waals surface area contributed by atoms with Gasteiger partial charge in [-0.3, -0.25) is 4.79 Å². The topological polar surface area (TPSA) is 55.1 Å². The summed E-state index contributed by atoms with van der Waals surface area (Å²) in [7, 11) is 0. The van der Waals surface area contributed by atoms with Crippen LogP contribution in [-0.2, 0) is 4.79 Å². The van der Waals surface area contributed by atoms with E-state index in [1.807, 2.05) is 6.92 Å². The lowest BCUT2D eigenvalue weighted by atomic mass is 9.97. The summed E-state index contributed by atoms with van der Waals surface area (Å²) in [5, 5.41) is 2.95. The fourth-order valence-electron chi connectivity index (χ4n) is 1.70. The zero-order valence-corrected chi connectivity index (χ0v) is 8.60. The lowest BCUT2D eigenvalue weighted by Crippen LogP contribution is -2.53. The molecule has 1 fully saturated rings. The Morgan fingerprint density at radius 3 is 2.54 bits per heavy atom. The smallest absolute Gasteiger partial charge is 0.240 e. The van der Waals surface area contributed by atoms with Gasteiger partial charge in [0.1, 0.15) is 0 Å². The number of carbonyl (C=O) groups excluding carboxylic acids is 1. The second-order valence-corrected chi connectivity index (χ2v) is 4.15. The van der Waals surface area contributed by atoms with E-state index in [1.54, 1.807) is 0 Å². The highest BCUT2D eigenvalue weighted by molar-refractivity contribution is 5.86. The first kappa shape index (κ1) is 10.5. The molecule has 0 aromatic carbocycles. The van der Waals surface area contributed by atoms with Crippen molar-refractivity contribution in [3.8, 4) is 0 Å². The van der Waals surface area contributed by atoms with Crippen LogP contribution in [0.4, 0.5) is 0 Å². The van der Waals surface area contributed by atoms with E-state index in [4.69, 9.17) is 5.73 Å². The van der Waals surface area contributed by atoms with E-state index >= 15 is 0 Å². The molecule has 0 aromatic rings. The third-order valence-electron chi connectivity index (χ3n) is 2.94. The summed E-state index contributed by atoms with van der Waals surface area (Å²) in [5.74, 6) is 0.0411. The van der Waals surface area contributed by atoms with Crippen LogP contribution in [0.3, 0.4) is 0 Å². The zero-order valence-electron chi connectivity index (χ0n) is 8.60. The average Bonchev–Trinajstić information content (AvgIpc) is 2.53. The lowest BCUT2D eigenvalue weighted by Gasteiger charge is -2.24. The number of rotatable bonds is 3. The first-order valence-electron chi connectivity index (χ1n) is 5.18. The van der Waals surface area contributed by atoms with Gasteiger partial charge in [-0.2, -0.15) is 0 Å². The van der Waals surface area contributed by atoms with E-state index in [9.17, 15) is 4.79 Å². The molecule has 0 aliphatic heterocycles. The minimum Gasteiger partial charge on any atom is -0.352 e. The van der Waals surface area contributed by atoms with Gasteiger partial charge in [-0.1, -0.05) is 19.8 Å². The van der Waals surface area contributed by atoms with Crippen molar-refractivity contribution >= 4 is 5.91 Å². The van der Waals surface area contributed by atoms with Crippen LogP contribution in [0, 0.1) is 0 Å². The number of nitrogens with one attached hydrogen (secondary N) is 1. The highest BCUT2D eigenvalue weighted by Crippen LogP contribution is 2.27. The molecule has 13 heavy (non-hydrogen) atoms. The number of nitrogens with two attached hydrogens (primary N) is 1. The maximum absolute atomic E-state index is 11.7.